The molecule has 0 spiro atoms. The summed E-state index contributed by atoms with van der Waals surface area (Å²) in [6.07, 6.45) is 3.63. The van der Waals surface area contributed by atoms with E-state index in [1.54, 1.807) is 24.4 Å². The molecule has 1 amide bonds. The maximum atomic E-state index is 12.7. The second kappa shape index (κ2) is 8.90. The molecule has 0 saturated carbocycles. The molecule has 0 unspecified atom stereocenters. The van der Waals surface area contributed by atoms with Crippen LogP contribution in [0.15, 0.2) is 59.5 Å². The molecule has 0 bridgehead atoms. The van der Waals surface area contributed by atoms with Crippen LogP contribution in [0.2, 0.25) is 5.02 Å². The number of nitrogens with one attached hydrogen (secondary N) is 1. The molecule has 1 aromatic heterocycles. The van der Waals surface area contributed by atoms with Gasteiger partial charge in [-0.3, -0.25) is 9.59 Å². The quantitative estimate of drug-likeness (QED) is 0.657. The predicted octanol–water partition coefficient (Wildman–Crippen LogP) is 3.12. The van der Waals surface area contributed by atoms with E-state index in [1.807, 2.05) is 35.2 Å². The highest BCUT2D eigenvalue weighted by atomic mass is 35.5. The van der Waals surface area contributed by atoms with Gasteiger partial charge in [-0.05, 0) is 53.8 Å². The van der Waals surface area contributed by atoms with Gasteiger partial charge in [-0.25, -0.2) is 0 Å². The highest BCUT2D eigenvalue weighted by molar-refractivity contribution is 6.30. The minimum Gasteiger partial charge on any atom is -0.490 e. The monoisotopic (exact) mass is 425 g/mol. The van der Waals surface area contributed by atoms with E-state index in [0.29, 0.717) is 29.9 Å². The molecule has 2 heterocycles. The summed E-state index contributed by atoms with van der Waals surface area (Å²) in [7, 11) is 0. The van der Waals surface area contributed by atoms with E-state index >= 15 is 0 Å². The van der Waals surface area contributed by atoms with Gasteiger partial charge in [0.2, 0.25) is 5.91 Å². The fourth-order valence-corrected chi connectivity index (χ4v) is 3.95. The molecule has 3 N–H and O–H groups in total. The average Bonchev–Trinajstić information content (AvgIpc) is 2.75. The lowest BCUT2D eigenvalue weighted by Crippen LogP contribution is -2.49. The summed E-state index contributed by atoms with van der Waals surface area (Å²) in [5.41, 5.74) is 7.04. The topological polar surface area (TPSA) is 88.4 Å². The molecule has 1 aliphatic rings. The Hall–Kier alpha value is -2.83. The Morgan fingerprint density at radius 1 is 1.17 bits per heavy atom. The van der Waals surface area contributed by atoms with Crippen LogP contribution in [-0.4, -0.2) is 41.0 Å². The van der Waals surface area contributed by atoms with Crippen LogP contribution >= 0.6 is 11.6 Å². The number of H-pyrrole nitrogens is 1. The first-order chi connectivity index (χ1) is 14.5. The van der Waals surface area contributed by atoms with Gasteiger partial charge in [0.25, 0.3) is 5.56 Å². The Morgan fingerprint density at radius 2 is 1.90 bits per heavy atom. The number of hydrogen-bond donors (Lipinski definition) is 2. The van der Waals surface area contributed by atoms with Crippen LogP contribution in [0, 0.1) is 0 Å². The maximum Gasteiger partial charge on any atom is 0.255 e. The lowest BCUT2D eigenvalue weighted by atomic mass is 10.0. The number of pyridine rings is 1. The van der Waals surface area contributed by atoms with Crippen LogP contribution < -0.4 is 16.0 Å². The molecule has 4 rings (SSSR count). The zero-order chi connectivity index (χ0) is 21.1. The Morgan fingerprint density at radius 3 is 2.63 bits per heavy atom. The summed E-state index contributed by atoms with van der Waals surface area (Å²) < 4.78 is 6.10. The minimum absolute atomic E-state index is 0.0287. The van der Waals surface area contributed by atoms with Crippen molar-refractivity contribution in [2.24, 2.45) is 5.73 Å². The van der Waals surface area contributed by atoms with Gasteiger partial charge in [0.05, 0.1) is 6.04 Å². The first kappa shape index (κ1) is 20.4. The summed E-state index contributed by atoms with van der Waals surface area (Å²) in [5, 5.41) is 2.15. The Bertz CT molecular complexity index is 1090. The summed E-state index contributed by atoms with van der Waals surface area (Å²) >= 11 is 5.91. The smallest absolute Gasteiger partial charge is 0.255 e. The number of amides is 1. The van der Waals surface area contributed by atoms with Crippen molar-refractivity contribution in [3.8, 4) is 5.75 Å². The van der Waals surface area contributed by atoms with Crippen molar-refractivity contribution in [1.82, 2.24) is 9.88 Å². The molecule has 30 heavy (non-hydrogen) atoms. The number of benzene rings is 2. The predicted molar refractivity (Wildman–Crippen MR) is 118 cm³/mol. The van der Waals surface area contributed by atoms with Crippen molar-refractivity contribution < 1.29 is 9.53 Å². The van der Waals surface area contributed by atoms with Crippen LogP contribution in [0.3, 0.4) is 0 Å². The third-order valence-corrected chi connectivity index (χ3v) is 5.74. The minimum atomic E-state index is -0.567. The number of nitrogens with zero attached hydrogens (tertiary/aromatic N) is 1. The first-order valence-corrected chi connectivity index (χ1v) is 10.4. The summed E-state index contributed by atoms with van der Waals surface area (Å²) in [6.45, 7) is 1.23. The van der Waals surface area contributed by atoms with E-state index in [9.17, 15) is 9.59 Å². The fraction of sp³-hybridized carbons (Fsp3) is 0.304. The normalized spacial score (nSPS) is 15.9. The number of likely N-dealkylation sites (tertiary alicyclic amines) is 1. The molecule has 7 heteroatoms. The number of rotatable bonds is 5. The first-order valence-electron chi connectivity index (χ1n) is 10.1. The summed E-state index contributed by atoms with van der Waals surface area (Å²) in [6, 6.07) is 14.2. The molecule has 0 radical (unpaired) electrons. The van der Waals surface area contributed by atoms with Crippen molar-refractivity contribution in [1.29, 1.82) is 0 Å². The number of piperidine rings is 1. The zero-order valence-electron chi connectivity index (χ0n) is 16.5. The molecule has 1 saturated heterocycles. The van der Waals surface area contributed by atoms with Gasteiger partial charge in [0.1, 0.15) is 11.9 Å². The van der Waals surface area contributed by atoms with E-state index in [4.69, 9.17) is 22.1 Å². The van der Waals surface area contributed by atoms with E-state index in [2.05, 4.69) is 4.98 Å². The van der Waals surface area contributed by atoms with Crippen molar-refractivity contribution in [3.05, 3.63) is 75.7 Å². The highest BCUT2D eigenvalue weighted by Crippen LogP contribution is 2.23. The third-order valence-electron chi connectivity index (χ3n) is 5.49. The van der Waals surface area contributed by atoms with Crippen LogP contribution in [0.4, 0.5) is 0 Å². The van der Waals surface area contributed by atoms with Gasteiger partial charge in [-0.1, -0.05) is 23.7 Å². The summed E-state index contributed by atoms with van der Waals surface area (Å²) in [4.78, 5) is 29.0. The number of carbonyl (C=O) groups excluding carboxylic acids is 1. The number of halogens is 1. The van der Waals surface area contributed by atoms with Gasteiger partial charge in [-0.2, -0.15) is 0 Å². The van der Waals surface area contributed by atoms with Gasteiger partial charge in [0, 0.05) is 42.5 Å². The second-order valence-corrected chi connectivity index (χ2v) is 8.07. The molecular formula is C23H24ClN3O3. The second-order valence-electron chi connectivity index (χ2n) is 7.64. The molecule has 156 valence electrons. The highest BCUT2D eigenvalue weighted by Gasteiger charge is 2.27. The molecule has 1 atom stereocenters. The standard InChI is InChI=1S/C23H24ClN3O3/c24-17-3-1-15(2-4-17)13-21(25)23(29)27-11-8-18(9-12-27)30-19-5-6-20-16(14-19)7-10-26-22(20)28/h1-7,10,14,18,21H,8-9,11-13,25H2,(H,26,28)/t21-/m0/s1. The molecule has 6 nitrogen and oxygen atoms in total. The van der Waals surface area contributed by atoms with Gasteiger partial charge >= 0.3 is 0 Å². The van der Waals surface area contributed by atoms with Crippen molar-refractivity contribution in [2.45, 2.75) is 31.4 Å². The number of aromatic nitrogens is 1. The van der Waals surface area contributed by atoms with E-state index in [0.717, 1.165) is 29.5 Å². The molecule has 1 fully saturated rings. The lowest BCUT2D eigenvalue weighted by Gasteiger charge is -2.33. The molecule has 1 aliphatic heterocycles. The van der Waals surface area contributed by atoms with Crippen LogP contribution in [0.5, 0.6) is 5.75 Å². The third kappa shape index (κ3) is 4.66. The molecule has 3 aromatic rings. The van der Waals surface area contributed by atoms with E-state index < -0.39 is 6.04 Å². The molecule has 0 aliphatic carbocycles. The number of nitrogens with two attached hydrogens (primary N) is 1. The SMILES string of the molecule is N[C@@H](Cc1ccc(Cl)cc1)C(=O)N1CCC(Oc2ccc3c(=O)[nH]ccc3c2)CC1. The average molecular weight is 426 g/mol. The zero-order valence-corrected chi connectivity index (χ0v) is 17.3. The maximum absolute atomic E-state index is 12.7. The van der Waals surface area contributed by atoms with Crippen LogP contribution in [-0.2, 0) is 11.2 Å². The molecular weight excluding hydrogens is 402 g/mol. The van der Waals surface area contributed by atoms with Gasteiger partial charge in [-0.15, -0.1) is 0 Å². The van der Waals surface area contributed by atoms with Crippen molar-refractivity contribution >= 4 is 28.3 Å². The number of hydrogen-bond acceptors (Lipinski definition) is 4. The number of aromatic amines is 1. The number of carbonyl (C=O) groups is 1. The Kier molecular flexibility index (Phi) is 6.06. The number of fused-ring (bicyclic) bond motifs is 1. The summed E-state index contributed by atoms with van der Waals surface area (Å²) in [5.74, 6) is 0.700. The Labute approximate surface area is 179 Å². The number of ether oxygens (including phenoxy) is 1. The van der Waals surface area contributed by atoms with Crippen LogP contribution in [0.25, 0.3) is 10.8 Å². The van der Waals surface area contributed by atoms with Crippen molar-refractivity contribution in [2.75, 3.05) is 13.1 Å². The van der Waals surface area contributed by atoms with E-state index in [1.165, 1.54) is 0 Å². The molecule has 2 aromatic carbocycles. The Balaban J connectivity index is 1.31. The largest absolute Gasteiger partial charge is 0.490 e. The van der Waals surface area contributed by atoms with Gasteiger partial charge in [0.15, 0.2) is 0 Å². The van der Waals surface area contributed by atoms with Gasteiger partial charge < -0.3 is 20.4 Å². The lowest BCUT2D eigenvalue weighted by molar-refractivity contribution is -0.134. The van der Waals surface area contributed by atoms with Crippen molar-refractivity contribution in [3.63, 3.8) is 0 Å². The van der Waals surface area contributed by atoms with E-state index in [-0.39, 0.29) is 17.6 Å². The van der Waals surface area contributed by atoms with Crippen LogP contribution in [0.1, 0.15) is 18.4 Å². The fourth-order valence-electron chi connectivity index (χ4n) is 3.83.